The maximum atomic E-state index is 16.2. The molecule has 0 bridgehead atoms. The third kappa shape index (κ3) is 4.25. The van der Waals surface area contributed by atoms with Crippen molar-refractivity contribution in [1.82, 2.24) is 20.4 Å². The van der Waals surface area contributed by atoms with Crippen molar-refractivity contribution in [2.45, 2.75) is 74.8 Å². The van der Waals surface area contributed by atoms with Gasteiger partial charge in [-0.3, -0.25) is 20.3 Å². The number of hydrogen-bond donors (Lipinski definition) is 3. The third-order valence-electron chi connectivity index (χ3n) is 9.16. The summed E-state index contributed by atoms with van der Waals surface area (Å²) in [6, 6.07) is -0.198. The van der Waals surface area contributed by atoms with Crippen LogP contribution in [0.15, 0.2) is 0 Å². The minimum atomic E-state index is -0.986. The molecule has 5 fully saturated rings. The molecule has 3 N–H and O–H groups in total. The summed E-state index contributed by atoms with van der Waals surface area (Å²) in [4.78, 5) is 15.2. The van der Waals surface area contributed by atoms with Gasteiger partial charge in [0.1, 0.15) is 6.17 Å². The SMILES string of the molecule is O=CN1CCN(C2NCNC3C(F)C(C4CC(O)CC5CCCCC54)C(Cl)CC32)CC1. The largest absolute Gasteiger partial charge is 0.393 e. The number of carbonyl (C=O) groups excluding carboxylic acids is 1. The first kappa shape index (κ1) is 22.3. The summed E-state index contributed by atoms with van der Waals surface area (Å²) in [5.41, 5.74) is 0. The third-order valence-corrected chi connectivity index (χ3v) is 9.63. The van der Waals surface area contributed by atoms with E-state index in [2.05, 4.69) is 15.5 Å². The van der Waals surface area contributed by atoms with E-state index >= 15 is 4.39 Å². The summed E-state index contributed by atoms with van der Waals surface area (Å²) in [5.74, 6) is 1.19. The van der Waals surface area contributed by atoms with E-state index in [-0.39, 0.29) is 41.4 Å². The van der Waals surface area contributed by atoms with Crippen molar-refractivity contribution in [3.63, 3.8) is 0 Å². The molecule has 1 amide bonds. The van der Waals surface area contributed by atoms with Gasteiger partial charge >= 0.3 is 0 Å². The van der Waals surface area contributed by atoms with Gasteiger partial charge in [-0.2, -0.15) is 0 Å². The molecule has 6 nitrogen and oxygen atoms in total. The molecule has 31 heavy (non-hydrogen) atoms. The number of aliphatic hydroxyl groups excluding tert-OH is 1. The summed E-state index contributed by atoms with van der Waals surface area (Å²) in [7, 11) is 0. The highest BCUT2D eigenvalue weighted by Crippen LogP contribution is 2.52. The summed E-state index contributed by atoms with van der Waals surface area (Å²) < 4.78 is 16.2. The predicted molar refractivity (Wildman–Crippen MR) is 118 cm³/mol. The minimum Gasteiger partial charge on any atom is -0.393 e. The molecule has 0 aromatic carbocycles. The van der Waals surface area contributed by atoms with Crippen LogP contribution in [-0.2, 0) is 4.79 Å². The van der Waals surface area contributed by atoms with Crippen LogP contribution in [0, 0.1) is 29.6 Å². The predicted octanol–water partition coefficient (Wildman–Crippen LogP) is 1.76. The molecule has 0 aromatic heterocycles. The average molecular weight is 457 g/mol. The van der Waals surface area contributed by atoms with Crippen LogP contribution < -0.4 is 10.6 Å². The molecule has 0 radical (unpaired) electrons. The van der Waals surface area contributed by atoms with Crippen LogP contribution in [0.4, 0.5) is 4.39 Å². The summed E-state index contributed by atoms with van der Waals surface area (Å²) in [6.07, 6.45) is 6.94. The molecule has 2 aliphatic heterocycles. The lowest BCUT2D eigenvalue weighted by atomic mass is 9.57. The molecule has 5 aliphatic rings. The maximum absolute atomic E-state index is 16.2. The van der Waals surface area contributed by atoms with E-state index in [9.17, 15) is 9.90 Å². The van der Waals surface area contributed by atoms with E-state index in [0.29, 0.717) is 24.9 Å². The number of fused-ring (bicyclic) bond motifs is 2. The lowest BCUT2D eigenvalue weighted by Crippen LogP contribution is -2.71. The molecule has 10 unspecified atom stereocenters. The zero-order valence-electron chi connectivity index (χ0n) is 18.3. The number of halogens is 2. The smallest absolute Gasteiger partial charge is 0.209 e. The normalized spacial score (nSPS) is 49.2. The number of piperazine rings is 1. The Bertz CT molecular complexity index is 637. The van der Waals surface area contributed by atoms with Crippen LogP contribution >= 0.6 is 11.6 Å². The van der Waals surface area contributed by atoms with Crippen molar-refractivity contribution >= 4 is 18.0 Å². The van der Waals surface area contributed by atoms with E-state index in [1.54, 1.807) is 0 Å². The molecule has 0 spiro atoms. The Morgan fingerprint density at radius 2 is 1.74 bits per heavy atom. The van der Waals surface area contributed by atoms with Gasteiger partial charge in [-0.05, 0) is 43.4 Å². The molecule has 0 aromatic rings. The quantitative estimate of drug-likeness (QED) is 0.446. The van der Waals surface area contributed by atoms with Gasteiger partial charge in [-0.15, -0.1) is 11.6 Å². The standard InChI is InChI=1S/C23H38ClFN4O2/c24-19-11-18-22(26-12-27-23(18)29-7-5-28(13-30)6-8-29)21(25)20(19)17-10-15(31)9-14-3-1-2-4-16(14)17/h13-23,26-27,31H,1-12H2. The first-order valence-corrected chi connectivity index (χ1v) is 12.9. The van der Waals surface area contributed by atoms with Crippen LogP contribution in [0.3, 0.4) is 0 Å². The zero-order valence-corrected chi connectivity index (χ0v) is 19.1. The van der Waals surface area contributed by atoms with E-state index in [1.807, 2.05) is 4.90 Å². The summed E-state index contributed by atoms with van der Waals surface area (Å²) >= 11 is 7.01. The van der Waals surface area contributed by atoms with Gasteiger partial charge in [0.25, 0.3) is 0 Å². The van der Waals surface area contributed by atoms with E-state index < -0.39 is 6.17 Å². The van der Waals surface area contributed by atoms with Crippen LogP contribution in [0.25, 0.3) is 0 Å². The van der Waals surface area contributed by atoms with Gasteiger partial charge in [-0.25, -0.2) is 4.39 Å². The molecule has 176 valence electrons. The lowest BCUT2D eigenvalue weighted by molar-refractivity contribution is -0.121. The highest BCUT2D eigenvalue weighted by atomic mass is 35.5. The molecule has 10 atom stereocenters. The highest BCUT2D eigenvalue weighted by molar-refractivity contribution is 6.21. The molecule has 3 aliphatic carbocycles. The molecule has 8 heteroatoms. The minimum absolute atomic E-state index is 0.0971. The number of amides is 1. The summed E-state index contributed by atoms with van der Waals surface area (Å²) in [6.45, 7) is 3.67. The maximum Gasteiger partial charge on any atom is 0.209 e. The number of hydrogen-bond acceptors (Lipinski definition) is 5. The Labute approximate surface area is 190 Å². The number of carbonyl (C=O) groups is 1. The Balaban J connectivity index is 1.32. The van der Waals surface area contributed by atoms with Crippen molar-refractivity contribution in [2.75, 3.05) is 32.8 Å². The second kappa shape index (κ2) is 9.41. The van der Waals surface area contributed by atoms with Gasteiger partial charge in [-0.1, -0.05) is 19.3 Å². The molecule has 2 saturated heterocycles. The zero-order chi connectivity index (χ0) is 21.5. The number of nitrogens with zero attached hydrogens (tertiary/aromatic N) is 2. The topological polar surface area (TPSA) is 67.8 Å². The van der Waals surface area contributed by atoms with E-state index in [0.717, 1.165) is 45.4 Å². The fourth-order valence-electron chi connectivity index (χ4n) is 7.76. The Morgan fingerprint density at radius 3 is 2.52 bits per heavy atom. The van der Waals surface area contributed by atoms with Crippen molar-refractivity contribution in [3.05, 3.63) is 0 Å². The first-order chi connectivity index (χ1) is 15.1. The Hall–Kier alpha value is -0.470. The van der Waals surface area contributed by atoms with Crippen LogP contribution in [0.5, 0.6) is 0 Å². The van der Waals surface area contributed by atoms with Gasteiger partial charge in [0.15, 0.2) is 0 Å². The summed E-state index contributed by atoms with van der Waals surface area (Å²) in [5, 5.41) is 17.4. The second-order valence-electron chi connectivity index (χ2n) is 10.7. The molecular weight excluding hydrogens is 419 g/mol. The van der Waals surface area contributed by atoms with E-state index in [1.165, 1.54) is 25.7 Å². The number of rotatable bonds is 3. The average Bonchev–Trinajstić information content (AvgIpc) is 2.79. The fraction of sp³-hybridized carbons (Fsp3) is 0.957. The van der Waals surface area contributed by atoms with Crippen LogP contribution in [0.1, 0.15) is 44.9 Å². The Morgan fingerprint density at radius 1 is 0.968 bits per heavy atom. The van der Waals surface area contributed by atoms with Gasteiger partial charge in [0.2, 0.25) is 6.41 Å². The first-order valence-electron chi connectivity index (χ1n) is 12.4. The van der Waals surface area contributed by atoms with Crippen molar-refractivity contribution in [1.29, 1.82) is 0 Å². The Kier molecular flexibility index (Phi) is 6.78. The molecule has 2 heterocycles. The molecular formula is C23H38ClFN4O2. The number of nitrogens with one attached hydrogen (secondary N) is 2. The monoisotopic (exact) mass is 456 g/mol. The molecule has 5 rings (SSSR count). The van der Waals surface area contributed by atoms with Gasteiger partial charge in [0.05, 0.1) is 12.3 Å². The van der Waals surface area contributed by atoms with E-state index in [4.69, 9.17) is 11.6 Å². The van der Waals surface area contributed by atoms with Gasteiger partial charge < -0.3 is 10.0 Å². The lowest BCUT2D eigenvalue weighted by Gasteiger charge is -2.55. The fourth-order valence-corrected chi connectivity index (χ4v) is 8.29. The highest BCUT2D eigenvalue weighted by Gasteiger charge is 2.54. The van der Waals surface area contributed by atoms with Gasteiger partial charge in [0, 0.05) is 56.1 Å². The van der Waals surface area contributed by atoms with Crippen LogP contribution in [-0.4, -0.2) is 84.0 Å². The van der Waals surface area contributed by atoms with Crippen molar-refractivity contribution < 1.29 is 14.3 Å². The van der Waals surface area contributed by atoms with Crippen molar-refractivity contribution in [2.24, 2.45) is 29.6 Å². The molecule has 3 saturated carbocycles. The van der Waals surface area contributed by atoms with Crippen LogP contribution in [0.2, 0.25) is 0 Å². The number of aliphatic hydroxyl groups is 1. The van der Waals surface area contributed by atoms with Crippen molar-refractivity contribution in [3.8, 4) is 0 Å². The second-order valence-corrected chi connectivity index (χ2v) is 11.2. The number of alkyl halides is 2.